The summed E-state index contributed by atoms with van der Waals surface area (Å²) < 4.78 is 5.23. The fourth-order valence-corrected chi connectivity index (χ4v) is 4.25. The van der Waals surface area contributed by atoms with Gasteiger partial charge in [0.25, 0.3) is 0 Å². The van der Waals surface area contributed by atoms with Gasteiger partial charge in [-0.25, -0.2) is 0 Å². The van der Waals surface area contributed by atoms with Crippen molar-refractivity contribution in [3.05, 3.63) is 64.7 Å². The third-order valence-electron chi connectivity index (χ3n) is 5.87. The van der Waals surface area contributed by atoms with Crippen LogP contribution in [0.3, 0.4) is 0 Å². The maximum atomic E-state index is 13.0. The molecule has 31 heavy (non-hydrogen) atoms. The minimum Gasteiger partial charge on any atom is -0.497 e. The molecule has 168 valence electrons. The molecule has 1 heterocycles. The molecule has 1 aliphatic rings. The molecule has 6 heteroatoms. The standard InChI is InChI=1S/C25H34ClN3O2/c1-3-4-7-14-27-25(30)24-15-21(28-16-19-10-12-22(31-2)13-11-19)18-29(24)17-20-8-5-6-9-23(20)26/h5-6,8-13,21,24,28H,3-4,7,14-18H2,1-2H3,(H,27,30)/t21?,24-/m0/s1. The van der Waals surface area contributed by atoms with Gasteiger partial charge in [0.1, 0.15) is 5.75 Å². The molecule has 1 unspecified atom stereocenters. The molecular weight excluding hydrogens is 410 g/mol. The highest BCUT2D eigenvalue weighted by Gasteiger charge is 2.36. The topological polar surface area (TPSA) is 53.6 Å². The number of carbonyl (C=O) groups excluding carboxylic acids is 1. The second-order valence-electron chi connectivity index (χ2n) is 8.20. The Labute approximate surface area is 191 Å². The highest BCUT2D eigenvalue weighted by molar-refractivity contribution is 6.31. The summed E-state index contributed by atoms with van der Waals surface area (Å²) in [6.07, 6.45) is 4.11. The predicted octanol–water partition coefficient (Wildman–Crippen LogP) is 4.39. The van der Waals surface area contributed by atoms with Gasteiger partial charge in [-0.1, -0.05) is 61.7 Å². The van der Waals surface area contributed by atoms with Gasteiger partial charge in [-0.15, -0.1) is 0 Å². The molecule has 5 nitrogen and oxygen atoms in total. The maximum Gasteiger partial charge on any atom is 0.237 e. The van der Waals surface area contributed by atoms with Crippen molar-refractivity contribution in [1.29, 1.82) is 0 Å². The third kappa shape index (κ3) is 6.96. The van der Waals surface area contributed by atoms with Crippen LogP contribution in [0.5, 0.6) is 5.75 Å². The number of amides is 1. The number of likely N-dealkylation sites (tertiary alicyclic amines) is 1. The lowest BCUT2D eigenvalue weighted by Crippen LogP contribution is -2.43. The first-order valence-electron chi connectivity index (χ1n) is 11.2. The quantitative estimate of drug-likeness (QED) is 0.506. The van der Waals surface area contributed by atoms with Crippen LogP contribution < -0.4 is 15.4 Å². The van der Waals surface area contributed by atoms with E-state index in [1.807, 2.05) is 36.4 Å². The van der Waals surface area contributed by atoms with E-state index in [2.05, 4.69) is 34.6 Å². The number of carbonyl (C=O) groups is 1. The van der Waals surface area contributed by atoms with Crippen LogP contribution in [0.1, 0.15) is 43.7 Å². The van der Waals surface area contributed by atoms with Gasteiger partial charge in [0.05, 0.1) is 13.2 Å². The molecule has 1 fully saturated rings. The maximum absolute atomic E-state index is 13.0. The number of unbranched alkanes of at least 4 members (excludes halogenated alkanes) is 2. The average molecular weight is 444 g/mol. The van der Waals surface area contributed by atoms with Gasteiger partial charge in [0, 0.05) is 37.2 Å². The number of hydrogen-bond acceptors (Lipinski definition) is 4. The average Bonchev–Trinajstić information content (AvgIpc) is 3.20. The Morgan fingerprint density at radius 1 is 1.16 bits per heavy atom. The van der Waals surface area contributed by atoms with Crippen LogP contribution in [0, 0.1) is 0 Å². The molecule has 0 aromatic heterocycles. The molecule has 1 aliphatic heterocycles. The van der Waals surface area contributed by atoms with E-state index < -0.39 is 0 Å². The van der Waals surface area contributed by atoms with Gasteiger partial charge in [0.2, 0.25) is 5.91 Å². The van der Waals surface area contributed by atoms with Crippen LogP contribution in [0.25, 0.3) is 0 Å². The minimum atomic E-state index is -0.147. The summed E-state index contributed by atoms with van der Waals surface area (Å²) in [5.74, 6) is 0.979. The van der Waals surface area contributed by atoms with Crippen LogP contribution in [-0.2, 0) is 17.9 Å². The van der Waals surface area contributed by atoms with E-state index in [-0.39, 0.29) is 18.0 Å². The van der Waals surface area contributed by atoms with Gasteiger partial charge in [-0.05, 0) is 42.2 Å². The molecular formula is C25H34ClN3O2. The number of hydrogen-bond donors (Lipinski definition) is 2. The van der Waals surface area contributed by atoms with Crippen LogP contribution in [0.2, 0.25) is 5.02 Å². The number of halogens is 1. The van der Waals surface area contributed by atoms with Gasteiger partial charge < -0.3 is 15.4 Å². The lowest BCUT2D eigenvalue weighted by Gasteiger charge is -2.24. The normalized spacial score (nSPS) is 18.8. The number of rotatable bonds is 11. The number of nitrogens with zero attached hydrogens (tertiary/aromatic N) is 1. The van der Waals surface area contributed by atoms with E-state index in [9.17, 15) is 4.79 Å². The van der Waals surface area contributed by atoms with Crippen molar-refractivity contribution in [3.8, 4) is 5.75 Å². The molecule has 3 rings (SSSR count). The largest absolute Gasteiger partial charge is 0.497 e. The fraction of sp³-hybridized carbons (Fsp3) is 0.480. The number of nitrogens with one attached hydrogen (secondary N) is 2. The summed E-state index contributed by atoms with van der Waals surface area (Å²) in [7, 11) is 1.67. The molecule has 2 aromatic rings. The molecule has 0 saturated carbocycles. The smallest absolute Gasteiger partial charge is 0.237 e. The van der Waals surface area contributed by atoms with Crippen molar-refractivity contribution in [3.63, 3.8) is 0 Å². The molecule has 2 atom stereocenters. The SMILES string of the molecule is CCCCCNC(=O)[C@@H]1CC(NCc2ccc(OC)cc2)CN1Cc1ccccc1Cl. The zero-order chi connectivity index (χ0) is 22.1. The summed E-state index contributed by atoms with van der Waals surface area (Å²) in [5, 5.41) is 7.52. The molecule has 0 bridgehead atoms. The van der Waals surface area contributed by atoms with E-state index in [4.69, 9.17) is 16.3 Å². The Kier molecular flexibility index (Phi) is 9.19. The molecule has 0 spiro atoms. The van der Waals surface area contributed by atoms with Gasteiger partial charge >= 0.3 is 0 Å². The van der Waals surface area contributed by atoms with Crippen molar-refractivity contribution in [1.82, 2.24) is 15.5 Å². The Hall–Kier alpha value is -2.08. The van der Waals surface area contributed by atoms with Gasteiger partial charge in [-0.2, -0.15) is 0 Å². The van der Waals surface area contributed by atoms with Gasteiger partial charge in [0.15, 0.2) is 0 Å². The molecule has 1 amide bonds. The second-order valence-corrected chi connectivity index (χ2v) is 8.60. The van der Waals surface area contributed by atoms with Crippen molar-refractivity contribution < 1.29 is 9.53 Å². The lowest BCUT2D eigenvalue weighted by molar-refractivity contribution is -0.125. The number of benzene rings is 2. The summed E-state index contributed by atoms with van der Waals surface area (Å²) in [6, 6.07) is 16.1. The molecule has 2 N–H and O–H groups in total. The van der Waals surface area contributed by atoms with Crippen molar-refractivity contribution >= 4 is 17.5 Å². The van der Waals surface area contributed by atoms with Gasteiger partial charge in [-0.3, -0.25) is 9.69 Å². The first-order valence-corrected chi connectivity index (χ1v) is 11.6. The highest BCUT2D eigenvalue weighted by Crippen LogP contribution is 2.25. The summed E-state index contributed by atoms with van der Waals surface area (Å²) >= 11 is 6.40. The summed E-state index contributed by atoms with van der Waals surface area (Å²) in [6.45, 7) is 5.16. The first-order chi connectivity index (χ1) is 15.1. The van der Waals surface area contributed by atoms with Crippen LogP contribution in [0.4, 0.5) is 0 Å². The molecule has 2 aromatic carbocycles. The van der Waals surface area contributed by atoms with E-state index in [1.54, 1.807) is 7.11 Å². The monoisotopic (exact) mass is 443 g/mol. The molecule has 0 aliphatic carbocycles. The lowest BCUT2D eigenvalue weighted by atomic mass is 10.1. The Morgan fingerprint density at radius 3 is 2.65 bits per heavy atom. The Bertz CT molecular complexity index is 828. The molecule has 1 saturated heterocycles. The van der Waals surface area contributed by atoms with Crippen molar-refractivity contribution in [2.24, 2.45) is 0 Å². The highest BCUT2D eigenvalue weighted by atomic mass is 35.5. The third-order valence-corrected chi connectivity index (χ3v) is 6.24. The summed E-state index contributed by atoms with van der Waals surface area (Å²) in [5.41, 5.74) is 2.26. The fourth-order valence-electron chi connectivity index (χ4n) is 4.05. The zero-order valence-corrected chi connectivity index (χ0v) is 19.3. The van der Waals surface area contributed by atoms with Crippen LogP contribution in [0.15, 0.2) is 48.5 Å². The van der Waals surface area contributed by atoms with E-state index in [0.29, 0.717) is 6.54 Å². The van der Waals surface area contributed by atoms with Crippen LogP contribution in [-0.4, -0.2) is 43.1 Å². The zero-order valence-electron chi connectivity index (χ0n) is 18.6. The van der Waals surface area contributed by atoms with E-state index in [0.717, 1.165) is 61.7 Å². The second kappa shape index (κ2) is 12.1. The molecule has 0 radical (unpaired) electrons. The minimum absolute atomic E-state index is 0.122. The first kappa shape index (κ1) is 23.6. The Morgan fingerprint density at radius 2 is 1.94 bits per heavy atom. The number of ether oxygens (including phenoxy) is 1. The van der Waals surface area contributed by atoms with E-state index >= 15 is 0 Å². The Balaban J connectivity index is 1.62. The van der Waals surface area contributed by atoms with Crippen LogP contribution >= 0.6 is 11.6 Å². The van der Waals surface area contributed by atoms with E-state index in [1.165, 1.54) is 5.56 Å². The van der Waals surface area contributed by atoms with Crippen molar-refractivity contribution in [2.45, 2.75) is 57.8 Å². The summed E-state index contributed by atoms with van der Waals surface area (Å²) in [4.78, 5) is 15.2. The van der Waals surface area contributed by atoms with Crippen molar-refractivity contribution in [2.75, 3.05) is 20.2 Å². The number of methoxy groups -OCH3 is 1. The predicted molar refractivity (Wildman–Crippen MR) is 126 cm³/mol.